The average Bonchev–Trinajstić information content (AvgIpc) is 3.35. The van der Waals surface area contributed by atoms with Crippen LogP contribution in [-0.4, -0.2) is 34.7 Å². The number of carbonyl (C=O) groups is 2. The fourth-order valence-corrected chi connectivity index (χ4v) is 2.40. The summed E-state index contributed by atoms with van der Waals surface area (Å²) >= 11 is 0. The van der Waals surface area contributed by atoms with Crippen molar-refractivity contribution < 1.29 is 23.5 Å². The number of carboxylic acids is 1. The summed E-state index contributed by atoms with van der Waals surface area (Å²) in [5.41, 5.74) is 1.27. The van der Waals surface area contributed by atoms with Crippen molar-refractivity contribution in [2.45, 2.75) is 24.8 Å². The molecule has 1 atom stereocenters. The number of fused-ring (bicyclic) bond motifs is 1. The van der Waals surface area contributed by atoms with Gasteiger partial charge in [0.2, 0.25) is 0 Å². The molecular weight excluding hydrogens is 306 g/mol. The number of carboxylic acid groups (broad SMARTS) is 1. The summed E-state index contributed by atoms with van der Waals surface area (Å²) in [6, 6.07) is 3.78. The van der Waals surface area contributed by atoms with Crippen LogP contribution >= 0.6 is 0 Å². The number of hydrogen-bond donors (Lipinski definition) is 2. The summed E-state index contributed by atoms with van der Waals surface area (Å²) in [5, 5.41) is 11.2. The Morgan fingerprint density at radius 2 is 2.09 bits per heavy atom. The minimum absolute atomic E-state index is 0.108. The van der Waals surface area contributed by atoms with Gasteiger partial charge in [-0.3, -0.25) is 9.78 Å². The Kier molecular flexibility index (Phi) is 3.94. The van der Waals surface area contributed by atoms with Gasteiger partial charge in [-0.05, 0) is 37.1 Å². The molecule has 0 saturated heterocycles. The quantitative estimate of drug-likeness (QED) is 0.886. The van der Waals surface area contributed by atoms with Crippen LogP contribution in [0.1, 0.15) is 34.8 Å². The smallest absolute Gasteiger partial charge is 0.328 e. The molecule has 1 aliphatic carbocycles. The third-order valence-corrected chi connectivity index (χ3v) is 3.79. The van der Waals surface area contributed by atoms with E-state index in [0.717, 1.165) is 12.8 Å². The maximum atomic E-state index is 13.5. The lowest BCUT2D eigenvalue weighted by Crippen LogP contribution is -2.42. The Balaban J connectivity index is 2.05. The monoisotopic (exact) mass is 320 g/mol. The van der Waals surface area contributed by atoms with Crippen LogP contribution in [0, 0.1) is 5.82 Å². The topological polar surface area (TPSA) is 79.3 Å². The molecule has 1 unspecified atom stereocenters. The van der Waals surface area contributed by atoms with Crippen LogP contribution in [0.15, 0.2) is 24.3 Å². The van der Waals surface area contributed by atoms with E-state index in [1.807, 2.05) is 0 Å². The largest absolute Gasteiger partial charge is 0.480 e. The van der Waals surface area contributed by atoms with Crippen LogP contribution < -0.4 is 5.32 Å². The Labute approximate surface area is 130 Å². The first-order valence-corrected chi connectivity index (χ1v) is 7.19. The van der Waals surface area contributed by atoms with Crippen LogP contribution in [0.5, 0.6) is 0 Å². The van der Waals surface area contributed by atoms with Crippen molar-refractivity contribution in [1.29, 1.82) is 0 Å². The average molecular weight is 320 g/mol. The summed E-state index contributed by atoms with van der Waals surface area (Å²) in [4.78, 5) is 27.6. The molecule has 1 saturated carbocycles. The number of rotatable bonds is 5. The molecule has 7 heteroatoms. The van der Waals surface area contributed by atoms with Crippen molar-refractivity contribution in [2.24, 2.45) is 0 Å². The van der Waals surface area contributed by atoms with E-state index in [1.54, 1.807) is 0 Å². The summed E-state index contributed by atoms with van der Waals surface area (Å²) in [5.74, 6) is -2.50. The number of pyridine rings is 1. The predicted octanol–water partition coefficient (Wildman–Crippen LogP) is 2.40. The molecule has 1 aromatic carbocycles. The van der Waals surface area contributed by atoms with Gasteiger partial charge in [0.15, 0.2) is 6.04 Å². The Bertz CT molecular complexity index is 790. The van der Waals surface area contributed by atoms with Crippen LogP contribution in [0.4, 0.5) is 8.78 Å². The van der Waals surface area contributed by atoms with Crippen molar-refractivity contribution in [3.8, 4) is 0 Å². The number of amides is 1. The van der Waals surface area contributed by atoms with E-state index < -0.39 is 30.4 Å². The van der Waals surface area contributed by atoms with Gasteiger partial charge in [-0.15, -0.1) is 0 Å². The Morgan fingerprint density at radius 3 is 2.70 bits per heavy atom. The molecule has 1 heterocycles. The molecule has 5 nitrogen and oxygen atoms in total. The van der Waals surface area contributed by atoms with E-state index in [2.05, 4.69) is 10.3 Å². The first-order chi connectivity index (χ1) is 11.0. The maximum absolute atomic E-state index is 13.5. The third-order valence-electron chi connectivity index (χ3n) is 3.79. The second kappa shape index (κ2) is 5.91. The number of hydrogen-bond acceptors (Lipinski definition) is 3. The van der Waals surface area contributed by atoms with E-state index in [4.69, 9.17) is 5.11 Å². The summed E-state index contributed by atoms with van der Waals surface area (Å²) in [6.45, 7) is -1.23. The normalized spacial score (nSPS) is 15.4. The molecule has 0 radical (unpaired) electrons. The van der Waals surface area contributed by atoms with Gasteiger partial charge in [-0.1, -0.05) is 0 Å². The van der Waals surface area contributed by atoms with Crippen molar-refractivity contribution in [1.82, 2.24) is 10.3 Å². The van der Waals surface area contributed by atoms with Gasteiger partial charge in [-0.2, -0.15) is 0 Å². The second-order valence-corrected chi connectivity index (χ2v) is 5.55. The highest BCUT2D eigenvalue weighted by molar-refractivity contribution is 6.07. The van der Waals surface area contributed by atoms with Crippen molar-refractivity contribution >= 4 is 22.8 Å². The van der Waals surface area contributed by atoms with E-state index in [9.17, 15) is 18.4 Å². The lowest BCUT2D eigenvalue weighted by molar-refractivity contribution is -0.139. The Morgan fingerprint density at radius 1 is 1.35 bits per heavy atom. The van der Waals surface area contributed by atoms with E-state index >= 15 is 0 Å². The van der Waals surface area contributed by atoms with Gasteiger partial charge in [-0.25, -0.2) is 13.6 Å². The minimum atomic E-state index is -1.64. The zero-order valence-corrected chi connectivity index (χ0v) is 12.1. The summed E-state index contributed by atoms with van der Waals surface area (Å²) < 4.78 is 26.2. The van der Waals surface area contributed by atoms with Gasteiger partial charge in [0.25, 0.3) is 5.91 Å². The fraction of sp³-hybridized carbons (Fsp3) is 0.312. The number of aliphatic carboxylic acids is 1. The molecule has 1 aliphatic rings. The summed E-state index contributed by atoms with van der Waals surface area (Å²) in [6.07, 6.45) is 1.92. The highest BCUT2D eigenvalue weighted by Gasteiger charge is 2.28. The van der Waals surface area contributed by atoms with Gasteiger partial charge in [0.05, 0.1) is 11.1 Å². The van der Waals surface area contributed by atoms with Crippen molar-refractivity contribution in [3.05, 3.63) is 41.3 Å². The minimum Gasteiger partial charge on any atom is -0.480 e. The molecule has 0 bridgehead atoms. The second-order valence-electron chi connectivity index (χ2n) is 5.55. The van der Waals surface area contributed by atoms with E-state index in [0.29, 0.717) is 11.2 Å². The number of alkyl halides is 1. The highest BCUT2D eigenvalue weighted by Crippen LogP contribution is 2.40. The van der Waals surface area contributed by atoms with Gasteiger partial charge in [0.1, 0.15) is 12.5 Å². The van der Waals surface area contributed by atoms with Crippen molar-refractivity contribution in [3.63, 3.8) is 0 Å². The van der Waals surface area contributed by atoms with Gasteiger partial charge >= 0.3 is 5.97 Å². The molecule has 0 aliphatic heterocycles. The zero-order valence-electron chi connectivity index (χ0n) is 12.1. The number of carbonyl (C=O) groups excluding carboxylic acids is 1. The van der Waals surface area contributed by atoms with E-state index in [1.165, 1.54) is 24.3 Å². The first kappa shape index (κ1) is 15.3. The van der Waals surface area contributed by atoms with Crippen LogP contribution in [0.2, 0.25) is 0 Å². The lowest BCUT2D eigenvalue weighted by Gasteiger charge is -2.13. The zero-order chi connectivity index (χ0) is 16.6. The highest BCUT2D eigenvalue weighted by atomic mass is 19.1. The van der Waals surface area contributed by atoms with Crippen LogP contribution in [0.3, 0.4) is 0 Å². The molecule has 1 fully saturated rings. The number of nitrogens with one attached hydrogen (secondary N) is 1. The number of aromatic nitrogens is 1. The molecule has 1 amide bonds. The molecule has 120 valence electrons. The SMILES string of the molecule is O=C(NC(CF)C(=O)O)c1cc(C2CC2)nc2ccc(F)cc12. The molecule has 3 rings (SSSR count). The van der Waals surface area contributed by atoms with Gasteiger partial charge < -0.3 is 10.4 Å². The molecule has 1 aromatic heterocycles. The number of halogens is 2. The molecule has 0 spiro atoms. The molecule has 2 aromatic rings. The standard InChI is InChI=1S/C16H14F2N2O3/c17-7-14(16(22)23)20-15(21)11-6-13(8-1-2-8)19-12-4-3-9(18)5-10(11)12/h3-6,8,14H,1-2,7H2,(H,20,21)(H,22,23). The maximum Gasteiger partial charge on any atom is 0.328 e. The fourth-order valence-electron chi connectivity index (χ4n) is 2.40. The Hall–Kier alpha value is -2.57. The van der Waals surface area contributed by atoms with Crippen LogP contribution in [0.25, 0.3) is 10.9 Å². The van der Waals surface area contributed by atoms with Crippen molar-refractivity contribution in [2.75, 3.05) is 6.67 Å². The first-order valence-electron chi connectivity index (χ1n) is 7.19. The number of nitrogens with zero attached hydrogens (tertiary/aromatic N) is 1. The molecule has 2 N–H and O–H groups in total. The van der Waals surface area contributed by atoms with E-state index in [-0.39, 0.29) is 16.9 Å². The number of benzene rings is 1. The van der Waals surface area contributed by atoms with Gasteiger partial charge in [0, 0.05) is 17.0 Å². The molecule has 23 heavy (non-hydrogen) atoms. The third kappa shape index (κ3) is 3.13. The predicted molar refractivity (Wildman–Crippen MR) is 78.5 cm³/mol. The molecular formula is C16H14F2N2O3. The lowest BCUT2D eigenvalue weighted by atomic mass is 10.0. The van der Waals surface area contributed by atoms with Crippen LogP contribution in [-0.2, 0) is 4.79 Å². The summed E-state index contributed by atoms with van der Waals surface area (Å²) in [7, 11) is 0.